The molecule has 0 saturated carbocycles. The molecule has 92 valence electrons. The van der Waals surface area contributed by atoms with Gasteiger partial charge >= 0.3 is 0 Å². The third-order valence-electron chi connectivity index (χ3n) is 2.79. The van der Waals surface area contributed by atoms with Crippen molar-refractivity contribution in [2.75, 3.05) is 6.54 Å². The summed E-state index contributed by atoms with van der Waals surface area (Å²) >= 11 is 0. The van der Waals surface area contributed by atoms with E-state index in [4.69, 9.17) is 0 Å². The fraction of sp³-hybridized carbons (Fsp3) is 0.375. The first-order valence-corrected chi connectivity index (χ1v) is 6.39. The summed E-state index contributed by atoms with van der Waals surface area (Å²) in [6.45, 7) is 7.28. The quantitative estimate of drug-likeness (QED) is 0.704. The fourth-order valence-corrected chi connectivity index (χ4v) is 1.99. The molecule has 1 unspecified atom stereocenters. The fourth-order valence-electron chi connectivity index (χ4n) is 1.99. The van der Waals surface area contributed by atoms with Gasteiger partial charge in [0.1, 0.15) is 0 Å². The van der Waals surface area contributed by atoms with E-state index in [0.29, 0.717) is 6.04 Å². The van der Waals surface area contributed by atoms with Crippen LogP contribution in [0.3, 0.4) is 0 Å². The number of nitrogens with one attached hydrogen (secondary N) is 1. The lowest BCUT2D eigenvalue weighted by Crippen LogP contribution is -2.31. The second-order valence-corrected chi connectivity index (χ2v) is 4.01. The molecule has 1 atom stereocenters. The largest absolute Gasteiger partial charge is 0.307 e. The Balaban J connectivity index is 2.95. The van der Waals surface area contributed by atoms with Gasteiger partial charge in [-0.05, 0) is 38.0 Å². The zero-order valence-corrected chi connectivity index (χ0v) is 11.1. The summed E-state index contributed by atoms with van der Waals surface area (Å²) < 4.78 is 0. The molecule has 0 saturated heterocycles. The first-order valence-electron chi connectivity index (χ1n) is 6.39. The van der Waals surface area contributed by atoms with E-state index in [2.05, 4.69) is 74.7 Å². The summed E-state index contributed by atoms with van der Waals surface area (Å²) in [5.74, 6) is 0. The van der Waals surface area contributed by atoms with E-state index in [9.17, 15) is 0 Å². The van der Waals surface area contributed by atoms with Crippen molar-refractivity contribution in [2.24, 2.45) is 0 Å². The van der Waals surface area contributed by atoms with Crippen LogP contribution >= 0.6 is 0 Å². The standard InChI is InChI=1S/C16H23N/c1-4-11-14(5-2)16(17-6-3)15-12-9-7-8-10-13-15/h4-5,7-9,11-13,16-17H,6,10H2,1-3H3/b11-4-,14-5+. The lowest BCUT2D eigenvalue weighted by atomic mass is 9.96. The molecular formula is C16H23N. The third-order valence-corrected chi connectivity index (χ3v) is 2.79. The summed E-state index contributed by atoms with van der Waals surface area (Å²) in [6, 6.07) is 0.303. The van der Waals surface area contributed by atoms with Crippen molar-refractivity contribution < 1.29 is 0 Å². The van der Waals surface area contributed by atoms with Gasteiger partial charge in [0.25, 0.3) is 0 Å². The van der Waals surface area contributed by atoms with Crippen LogP contribution in [0.25, 0.3) is 0 Å². The SMILES string of the molecule is C/C=C\C(=C/C)C(NCC)C1=CCC=CC=C1. The molecule has 0 aromatic rings. The summed E-state index contributed by atoms with van der Waals surface area (Å²) in [4.78, 5) is 0. The highest BCUT2D eigenvalue weighted by molar-refractivity contribution is 5.41. The van der Waals surface area contributed by atoms with Crippen molar-refractivity contribution in [3.05, 3.63) is 59.8 Å². The van der Waals surface area contributed by atoms with Gasteiger partial charge in [-0.25, -0.2) is 0 Å². The van der Waals surface area contributed by atoms with Crippen molar-refractivity contribution in [3.8, 4) is 0 Å². The van der Waals surface area contributed by atoms with Crippen molar-refractivity contribution in [3.63, 3.8) is 0 Å². The van der Waals surface area contributed by atoms with Crippen LogP contribution in [0.2, 0.25) is 0 Å². The molecule has 1 N–H and O–H groups in total. The van der Waals surface area contributed by atoms with E-state index in [1.54, 1.807) is 0 Å². The Kier molecular flexibility index (Phi) is 6.34. The van der Waals surface area contributed by atoms with Gasteiger partial charge in [-0.3, -0.25) is 0 Å². The molecule has 0 radical (unpaired) electrons. The minimum Gasteiger partial charge on any atom is -0.307 e. The van der Waals surface area contributed by atoms with Crippen LogP contribution in [0.1, 0.15) is 27.2 Å². The Morgan fingerprint density at radius 3 is 2.88 bits per heavy atom. The van der Waals surface area contributed by atoms with E-state index in [1.165, 1.54) is 11.1 Å². The Bertz CT molecular complexity index is 367. The van der Waals surface area contributed by atoms with Crippen LogP contribution in [0, 0.1) is 0 Å². The Morgan fingerprint density at radius 2 is 2.24 bits per heavy atom. The second kappa shape index (κ2) is 7.86. The van der Waals surface area contributed by atoms with E-state index in [0.717, 1.165) is 13.0 Å². The van der Waals surface area contributed by atoms with Crippen LogP contribution in [-0.4, -0.2) is 12.6 Å². The molecule has 17 heavy (non-hydrogen) atoms. The van der Waals surface area contributed by atoms with Gasteiger partial charge in [0.2, 0.25) is 0 Å². The molecule has 1 nitrogen and oxygen atoms in total. The molecule has 1 heteroatoms. The van der Waals surface area contributed by atoms with Crippen LogP contribution < -0.4 is 5.32 Å². The molecule has 1 aliphatic carbocycles. The minimum absolute atomic E-state index is 0.303. The second-order valence-electron chi connectivity index (χ2n) is 4.01. The predicted molar refractivity (Wildman–Crippen MR) is 77.0 cm³/mol. The maximum atomic E-state index is 3.55. The average molecular weight is 229 g/mol. The zero-order chi connectivity index (χ0) is 12.5. The van der Waals surface area contributed by atoms with Crippen molar-refractivity contribution in [2.45, 2.75) is 33.2 Å². The minimum atomic E-state index is 0.303. The highest BCUT2D eigenvalue weighted by atomic mass is 14.9. The van der Waals surface area contributed by atoms with Crippen molar-refractivity contribution in [1.29, 1.82) is 0 Å². The first kappa shape index (κ1) is 13.7. The highest BCUT2D eigenvalue weighted by Crippen LogP contribution is 2.17. The van der Waals surface area contributed by atoms with Gasteiger partial charge in [-0.2, -0.15) is 0 Å². The van der Waals surface area contributed by atoms with E-state index in [-0.39, 0.29) is 0 Å². The molecule has 0 heterocycles. The number of allylic oxidation sites excluding steroid dienone is 6. The van der Waals surface area contributed by atoms with Gasteiger partial charge in [-0.1, -0.05) is 55.5 Å². The summed E-state index contributed by atoms with van der Waals surface area (Å²) in [5, 5.41) is 3.55. The molecule has 1 rings (SSSR count). The highest BCUT2D eigenvalue weighted by Gasteiger charge is 2.13. The molecule has 0 aromatic carbocycles. The Morgan fingerprint density at radius 1 is 1.41 bits per heavy atom. The van der Waals surface area contributed by atoms with E-state index >= 15 is 0 Å². The Hall–Kier alpha value is -1.34. The number of hydrogen-bond acceptors (Lipinski definition) is 1. The molecule has 1 aliphatic rings. The van der Waals surface area contributed by atoms with Crippen LogP contribution in [-0.2, 0) is 0 Å². The maximum absolute atomic E-state index is 3.55. The molecule has 0 aromatic heterocycles. The van der Waals surface area contributed by atoms with Gasteiger partial charge < -0.3 is 5.32 Å². The normalized spacial score (nSPS) is 18.3. The van der Waals surface area contributed by atoms with Crippen LogP contribution in [0.15, 0.2) is 59.8 Å². The number of rotatable bonds is 5. The van der Waals surface area contributed by atoms with Gasteiger partial charge in [0.15, 0.2) is 0 Å². The monoisotopic (exact) mass is 229 g/mol. The number of likely N-dealkylation sites (N-methyl/N-ethyl adjacent to an activating group) is 1. The maximum Gasteiger partial charge on any atom is 0.0570 e. The molecule has 0 bridgehead atoms. The van der Waals surface area contributed by atoms with Crippen LogP contribution in [0.4, 0.5) is 0 Å². The predicted octanol–water partition coefficient (Wildman–Crippen LogP) is 3.93. The van der Waals surface area contributed by atoms with E-state index in [1.807, 2.05) is 0 Å². The smallest absolute Gasteiger partial charge is 0.0570 e. The van der Waals surface area contributed by atoms with Crippen molar-refractivity contribution >= 4 is 0 Å². The summed E-state index contributed by atoms with van der Waals surface area (Å²) in [7, 11) is 0. The molecular weight excluding hydrogens is 206 g/mol. The van der Waals surface area contributed by atoms with Crippen LogP contribution in [0.5, 0.6) is 0 Å². The molecule has 0 aliphatic heterocycles. The zero-order valence-electron chi connectivity index (χ0n) is 11.1. The lowest BCUT2D eigenvalue weighted by Gasteiger charge is -2.20. The average Bonchev–Trinajstić information content (AvgIpc) is 2.62. The number of hydrogen-bond donors (Lipinski definition) is 1. The third kappa shape index (κ3) is 4.20. The molecule has 0 fully saturated rings. The molecule has 0 spiro atoms. The topological polar surface area (TPSA) is 12.0 Å². The van der Waals surface area contributed by atoms with E-state index < -0.39 is 0 Å². The Labute approximate surface area is 105 Å². The summed E-state index contributed by atoms with van der Waals surface area (Å²) in [5.41, 5.74) is 2.68. The van der Waals surface area contributed by atoms with Gasteiger partial charge in [0.05, 0.1) is 6.04 Å². The van der Waals surface area contributed by atoms with Gasteiger partial charge in [0, 0.05) is 0 Å². The van der Waals surface area contributed by atoms with Gasteiger partial charge in [-0.15, -0.1) is 0 Å². The molecule has 0 amide bonds. The summed E-state index contributed by atoms with van der Waals surface area (Å²) in [6.07, 6.45) is 18.4. The van der Waals surface area contributed by atoms with Crippen molar-refractivity contribution in [1.82, 2.24) is 5.32 Å². The first-order chi connectivity index (χ1) is 8.33. The lowest BCUT2D eigenvalue weighted by molar-refractivity contribution is 0.670.